The fourth-order valence-electron chi connectivity index (χ4n) is 1.68. The summed E-state index contributed by atoms with van der Waals surface area (Å²) in [7, 11) is 0. The maximum absolute atomic E-state index is 9.83. The van der Waals surface area contributed by atoms with Gasteiger partial charge in [0.1, 0.15) is 11.5 Å². The van der Waals surface area contributed by atoms with Crippen LogP contribution in [0.4, 0.5) is 0 Å². The van der Waals surface area contributed by atoms with Gasteiger partial charge in [0, 0.05) is 17.5 Å². The minimum Gasteiger partial charge on any atom is -0.508 e. The molecule has 0 amide bonds. The third-order valence-corrected chi connectivity index (χ3v) is 4.38. The molecular weight excluding hydrogens is 330 g/mol. The summed E-state index contributed by atoms with van der Waals surface area (Å²) in [6.45, 7) is 0. The van der Waals surface area contributed by atoms with Crippen molar-refractivity contribution >= 4 is 46.4 Å². The van der Waals surface area contributed by atoms with Crippen molar-refractivity contribution in [3.05, 3.63) is 55.5 Å². The highest BCUT2D eigenvalue weighted by atomic mass is 35.5. The summed E-state index contributed by atoms with van der Waals surface area (Å²) >= 11 is 23.9. The molecule has 0 heterocycles. The zero-order chi connectivity index (χ0) is 14.2. The van der Waals surface area contributed by atoms with Crippen LogP contribution in [0.15, 0.2) is 24.3 Å². The van der Waals surface area contributed by atoms with Crippen LogP contribution in [-0.4, -0.2) is 10.2 Å². The van der Waals surface area contributed by atoms with E-state index < -0.39 is 0 Å². The summed E-state index contributed by atoms with van der Waals surface area (Å²) in [5, 5.41) is 20.7. The summed E-state index contributed by atoms with van der Waals surface area (Å²) in [6.07, 6.45) is 0.121. The highest BCUT2D eigenvalue weighted by Crippen LogP contribution is 2.39. The fraction of sp³-hybridized carbons (Fsp3) is 0.0769. The first kappa shape index (κ1) is 14.6. The number of hydrogen-bond acceptors (Lipinski definition) is 2. The van der Waals surface area contributed by atoms with Crippen LogP contribution in [0.2, 0.25) is 20.1 Å². The van der Waals surface area contributed by atoms with Gasteiger partial charge in [0.25, 0.3) is 0 Å². The van der Waals surface area contributed by atoms with Crippen LogP contribution in [0.1, 0.15) is 11.1 Å². The van der Waals surface area contributed by atoms with Crippen molar-refractivity contribution in [2.45, 2.75) is 6.42 Å². The highest BCUT2D eigenvalue weighted by molar-refractivity contribution is 6.43. The van der Waals surface area contributed by atoms with E-state index in [4.69, 9.17) is 46.4 Å². The molecule has 2 N–H and O–H groups in total. The minimum absolute atomic E-state index is 0.0233. The number of phenolic OH excluding ortho intramolecular Hbond substituents is 2. The number of aromatic hydroxyl groups is 2. The molecule has 100 valence electrons. The molecule has 0 fully saturated rings. The average molecular weight is 338 g/mol. The normalized spacial score (nSPS) is 10.7. The van der Waals surface area contributed by atoms with E-state index in [1.165, 1.54) is 24.3 Å². The molecule has 0 saturated heterocycles. The lowest BCUT2D eigenvalue weighted by Crippen LogP contribution is -1.93. The van der Waals surface area contributed by atoms with Gasteiger partial charge in [-0.05, 0) is 24.3 Å². The Kier molecular flexibility index (Phi) is 4.36. The molecule has 0 unspecified atom stereocenters. The van der Waals surface area contributed by atoms with Gasteiger partial charge in [-0.3, -0.25) is 0 Å². The van der Waals surface area contributed by atoms with Crippen LogP contribution in [0.25, 0.3) is 0 Å². The molecule has 2 rings (SSSR count). The van der Waals surface area contributed by atoms with Gasteiger partial charge in [-0.1, -0.05) is 46.4 Å². The number of benzene rings is 2. The predicted octanol–water partition coefficient (Wildman–Crippen LogP) is 5.30. The molecule has 0 spiro atoms. The fourth-order valence-corrected chi connectivity index (χ4v) is 2.49. The Morgan fingerprint density at radius 1 is 0.684 bits per heavy atom. The molecule has 0 saturated carbocycles. The molecule has 2 nitrogen and oxygen atoms in total. The lowest BCUT2D eigenvalue weighted by atomic mass is 10.0. The first-order valence-corrected chi connectivity index (χ1v) is 6.74. The summed E-state index contributed by atoms with van der Waals surface area (Å²) in [5.41, 5.74) is 0.766. The molecule has 0 atom stereocenters. The molecule has 0 aliphatic heterocycles. The van der Waals surface area contributed by atoms with Gasteiger partial charge in [-0.15, -0.1) is 0 Å². The Balaban J connectivity index is 2.54. The quantitative estimate of drug-likeness (QED) is 0.780. The van der Waals surface area contributed by atoms with Crippen molar-refractivity contribution in [2.24, 2.45) is 0 Å². The Morgan fingerprint density at radius 3 is 1.42 bits per heavy atom. The lowest BCUT2D eigenvalue weighted by Gasteiger charge is -2.12. The number of halogens is 4. The van der Waals surface area contributed by atoms with E-state index in [-0.39, 0.29) is 28.0 Å². The van der Waals surface area contributed by atoms with Crippen molar-refractivity contribution in [2.75, 3.05) is 0 Å². The van der Waals surface area contributed by atoms with Crippen LogP contribution in [0, 0.1) is 0 Å². The molecule has 0 bridgehead atoms. The van der Waals surface area contributed by atoms with Gasteiger partial charge in [0.05, 0.1) is 20.1 Å². The number of hydrogen-bond donors (Lipinski definition) is 2. The number of rotatable bonds is 2. The van der Waals surface area contributed by atoms with Gasteiger partial charge in [-0.25, -0.2) is 0 Å². The van der Waals surface area contributed by atoms with E-state index in [0.29, 0.717) is 21.2 Å². The van der Waals surface area contributed by atoms with Crippen LogP contribution in [0.5, 0.6) is 11.5 Å². The molecule has 6 heteroatoms. The minimum atomic E-state index is -0.0233. The standard InChI is InChI=1S/C13H8Cl4O2/c14-8-1-3-10(18)6(12(8)16)5-7-11(19)4-2-9(15)13(7)17/h1-4,18-19H,5H2. The first-order chi connectivity index (χ1) is 8.91. The second kappa shape index (κ2) is 5.68. The van der Waals surface area contributed by atoms with Crippen molar-refractivity contribution in [3.8, 4) is 11.5 Å². The molecular formula is C13H8Cl4O2. The molecule has 2 aromatic rings. The van der Waals surface area contributed by atoms with E-state index >= 15 is 0 Å². The Labute approximate surface area is 130 Å². The number of phenols is 2. The molecule has 0 radical (unpaired) electrons. The Morgan fingerprint density at radius 2 is 1.05 bits per heavy atom. The monoisotopic (exact) mass is 336 g/mol. The largest absolute Gasteiger partial charge is 0.508 e. The maximum atomic E-state index is 9.83. The van der Waals surface area contributed by atoms with E-state index in [2.05, 4.69) is 0 Å². The smallest absolute Gasteiger partial charge is 0.120 e. The third kappa shape index (κ3) is 2.87. The van der Waals surface area contributed by atoms with Crippen molar-refractivity contribution < 1.29 is 10.2 Å². The average Bonchev–Trinajstić information content (AvgIpc) is 2.38. The third-order valence-electron chi connectivity index (χ3n) is 2.70. The summed E-state index contributed by atoms with van der Waals surface area (Å²) in [5.74, 6) is -0.0466. The van der Waals surface area contributed by atoms with Crippen LogP contribution in [-0.2, 0) is 6.42 Å². The molecule has 19 heavy (non-hydrogen) atoms. The van der Waals surface area contributed by atoms with E-state index in [9.17, 15) is 10.2 Å². The van der Waals surface area contributed by atoms with E-state index in [1.54, 1.807) is 0 Å². The van der Waals surface area contributed by atoms with Crippen molar-refractivity contribution in [1.82, 2.24) is 0 Å². The highest BCUT2D eigenvalue weighted by Gasteiger charge is 2.16. The second-order valence-corrected chi connectivity index (χ2v) is 5.47. The van der Waals surface area contributed by atoms with Gasteiger partial charge in [-0.2, -0.15) is 0 Å². The van der Waals surface area contributed by atoms with E-state index in [0.717, 1.165) is 0 Å². The topological polar surface area (TPSA) is 40.5 Å². The molecule has 0 aliphatic rings. The van der Waals surface area contributed by atoms with Gasteiger partial charge in [0.15, 0.2) is 0 Å². The molecule has 0 aliphatic carbocycles. The molecule has 0 aromatic heterocycles. The zero-order valence-electron chi connectivity index (χ0n) is 9.42. The lowest BCUT2D eigenvalue weighted by molar-refractivity contribution is 0.463. The van der Waals surface area contributed by atoms with Crippen molar-refractivity contribution in [3.63, 3.8) is 0 Å². The van der Waals surface area contributed by atoms with Gasteiger partial charge >= 0.3 is 0 Å². The van der Waals surface area contributed by atoms with Crippen molar-refractivity contribution in [1.29, 1.82) is 0 Å². The maximum Gasteiger partial charge on any atom is 0.120 e. The van der Waals surface area contributed by atoms with E-state index in [1.807, 2.05) is 0 Å². The summed E-state index contributed by atoms with van der Waals surface area (Å²) < 4.78 is 0. The SMILES string of the molecule is Oc1ccc(Cl)c(Cl)c1Cc1c(O)ccc(Cl)c1Cl. The first-order valence-electron chi connectivity index (χ1n) is 5.23. The second-order valence-electron chi connectivity index (χ2n) is 3.89. The van der Waals surface area contributed by atoms with Crippen LogP contribution in [0.3, 0.4) is 0 Å². The summed E-state index contributed by atoms with van der Waals surface area (Å²) in [6, 6.07) is 5.84. The zero-order valence-corrected chi connectivity index (χ0v) is 12.4. The Hall–Kier alpha value is -0.800. The van der Waals surface area contributed by atoms with Gasteiger partial charge < -0.3 is 10.2 Å². The summed E-state index contributed by atoms with van der Waals surface area (Å²) in [4.78, 5) is 0. The van der Waals surface area contributed by atoms with Crippen LogP contribution >= 0.6 is 46.4 Å². The molecule has 2 aromatic carbocycles. The van der Waals surface area contributed by atoms with Gasteiger partial charge in [0.2, 0.25) is 0 Å². The predicted molar refractivity (Wildman–Crippen MR) is 79.1 cm³/mol. The Bertz CT molecular complexity index is 586. The van der Waals surface area contributed by atoms with Crippen LogP contribution < -0.4 is 0 Å².